The van der Waals surface area contributed by atoms with Gasteiger partial charge in [-0.2, -0.15) is 0 Å². The number of carbonyl (C=O) groups excluding carboxylic acids is 1. The lowest BCUT2D eigenvalue weighted by Gasteiger charge is -2.38. The molecule has 1 atom stereocenters. The summed E-state index contributed by atoms with van der Waals surface area (Å²) in [5.74, 6) is 0.167. The summed E-state index contributed by atoms with van der Waals surface area (Å²) in [6.07, 6.45) is 3.91. The number of amides is 1. The maximum absolute atomic E-state index is 13.2. The van der Waals surface area contributed by atoms with Crippen molar-refractivity contribution in [2.24, 2.45) is 0 Å². The first-order valence-electron chi connectivity index (χ1n) is 9.17. The third-order valence-corrected chi connectivity index (χ3v) is 6.45. The van der Waals surface area contributed by atoms with Crippen LogP contribution in [0.1, 0.15) is 40.6 Å². The monoisotopic (exact) mass is 352 g/mol. The lowest BCUT2D eigenvalue weighted by atomic mass is 10.1. The van der Waals surface area contributed by atoms with Crippen molar-refractivity contribution in [1.29, 1.82) is 0 Å². The van der Waals surface area contributed by atoms with E-state index in [4.69, 9.17) is 0 Å². The SMILES string of the molecule is O=C1c2ccccc2SC(c2ccccc2)N1CCN1CCCCC1. The fraction of sp³-hybridized carbons (Fsp3) is 0.381. The van der Waals surface area contributed by atoms with Gasteiger partial charge in [0.15, 0.2) is 0 Å². The standard InChI is InChI=1S/C21H24N2OS/c24-20-18-11-5-6-12-19(18)25-21(17-9-3-1-4-10-17)23(20)16-15-22-13-7-2-8-14-22/h1,3-6,9-12,21H,2,7-8,13-16H2. The molecule has 0 aliphatic carbocycles. The van der Waals surface area contributed by atoms with Gasteiger partial charge in [-0.05, 0) is 43.6 Å². The van der Waals surface area contributed by atoms with Crippen LogP contribution in [0.5, 0.6) is 0 Å². The fourth-order valence-electron chi connectivity index (χ4n) is 3.71. The average molecular weight is 353 g/mol. The van der Waals surface area contributed by atoms with E-state index < -0.39 is 0 Å². The van der Waals surface area contributed by atoms with Crippen molar-refractivity contribution < 1.29 is 4.79 Å². The van der Waals surface area contributed by atoms with Crippen molar-refractivity contribution in [3.63, 3.8) is 0 Å². The third-order valence-electron chi connectivity index (χ3n) is 5.09. The highest BCUT2D eigenvalue weighted by atomic mass is 32.2. The van der Waals surface area contributed by atoms with Gasteiger partial charge in [0.1, 0.15) is 5.37 Å². The van der Waals surface area contributed by atoms with Crippen molar-refractivity contribution >= 4 is 17.7 Å². The predicted molar refractivity (Wildman–Crippen MR) is 103 cm³/mol. The molecule has 0 N–H and O–H groups in total. The summed E-state index contributed by atoms with van der Waals surface area (Å²) in [4.78, 5) is 18.8. The van der Waals surface area contributed by atoms with Gasteiger partial charge in [-0.25, -0.2) is 0 Å². The number of hydrogen-bond acceptors (Lipinski definition) is 3. The van der Waals surface area contributed by atoms with Crippen LogP contribution in [0.15, 0.2) is 59.5 Å². The van der Waals surface area contributed by atoms with E-state index in [-0.39, 0.29) is 11.3 Å². The molecule has 1 amide bonds. The average Bonchev–Trinajstić information content (AvgIpc) is 2.69. The quantitative estimate of drug-likeness (QED) is 0.814. The van der Waals surface area contributed by atoms with Crippen LogP contribution in [0, 0.1) is 0 Å². The van der Waals surface area contributed by atoms with Crippen LogP contribution in [0.4, 0.5) is 0 Å². The third kappa shape index (κ3) is 3.60. The molecule has 1 saturated heterocycles. The topological polar surface area (TPSA) is 23.6 Å². The zero-order valence-corrected chi connectivity index (χ0v) is 15.3. The molecule has 1 fully saturated rings. The normalized spacial score (nSPS) is 21.2. The summed E-state index contributed by atoms with van der Waals surface area (Å²) in [5, 5.41) is 0.0633. The van der Waals surface area contributed by atoms with E-state index in [2.05, 4.69) is 40.1 Å². The zero-order valence-electron chi connectivity index (χ0n) is 14.4. The first-order valence-corrected chi connectivity index (χ1v) is 10.0. The first-order chi connectivity index (χ1) is 12.3. The van der Waals surface area contributed by atoms with E-state index in [9.17, 15) is 4.79 Å². The van der Waals surface area contributed by atoms with Gasteiger partial charge in [-0.15, -0.1) is 0 Å². The lowest BCUT2D eigenvalue weighted by molar-refractivity contribution is 0.0697. The summed E-state index contributed by atoms with van der Waals surface area (Å²) < 4.78 is 0. The Kier molecular flexibility index (Phi) is 5.09. The minimum atomic E-state index is 0.0633. The van der Waals surface area contributed by atoms with Crippen molar-refractivity contribution in [2.45, 2.75) is 29.5 Å². The number of likely N-dealkylation sites (tertiary alicyclic amines) is 1. The van der Waals surface area contributed by atoms with Crippen molar-refractivity contribution in [3.05, 3.63) is 65.7 Å². The predicted octanol–water partition coefficient (Wildman–Crippen LogP) is 4.42. The van der Waals surface area contributed by atoms with Gasteiger partial charge in [0.2, 0.25) is 0 Å². The van der Waals surface area contributed by atoms with Crippen molar-refractivity contribution in [2.75, 3.05) is 26.2 Å². The maximum Gasteiger partial charge on any atom is 0.256 e. The Labute approximate surface area is 154 Å². The van der Waals surface area contributed by atoms with Crippen LogP contribution in [-0.4, -0.2) is 41.9 Å². The summed E-state index contributed by atoms with van der Waals surface area (Å²) >= 11 is 1.80. The van der Waals surface area contributed by atoms with Gasteiger partial charge in [-0.1, -0.05) is 60.6 Å². The Morgan fingerprint density at radius 1 is 0.880 bits per heavy atom. The van der Waals surface area contributed by atoms with Crippen LogP contribution in [0.3, 0.4) is 0 Å². The van der Waals surface area contributed by atoms with Gasteiger partial charge in [0.05, 0.1) is 5.56 Å². The fourth-order valence-corrected chi connectivity index (χ4v) is 5.01. The molecule has 3 nitrogen and oxygen atoms in total. The van der Waals surface area contributed by atoms with Gasteiger partial charge in [0, 0.05) is 18.0 Å². The maximum atomic E-state index is 13.2. The Hall–Kier alpha value is -1.78. The molecule has 130 valence electrons. The van der Waals surface area contributed by atoms with Crippen LogP contribution in [0.2, 0.25) is 0 Å². The lowest BCUT2D eigenvalue weighted by Crippen LogP contribution is -2.43. The molecule has 0 bridgehead atoms. The molecule has 1 unspecified atom stereocenters. The highest BCUT2D eigenvalue weighted by molar-refractivity contribution is 7.99. The van der Waals surface area contributed by atoms with Gasteiger partial charge >= 0.3 is 0 Å². The van der Waals surface area contributed by atoms with Crippen LogP contribution in [0.25, 0.3) is 0 Å². The molecule has 4 rings (SSSR count). The summed E-state index contributed by atoms with van der Waals surface area (Å²) in [6.45, 7) is 4.10. The molecule has 0 radical (unpaired) electrons. The van der Waals surface area contributed by atoms with Crippen molar-refractivity contribution in [3.8, 4) is 0 Å². The second-order valence-electron chi connectivity index (χ2n) is 6.78. The molecule has 2 aliphatic rings. The van der Waals surface area contributed by atoms with Crippen LogP contribution >= 0.6 is 11.8 Å². The van der Waals surface area contributed by atoms with Crippen molar-refractivity contribution in [1.82, 2.24) is 9.80 Å². The minimum absolute atomic E-state index is 0.0633. The molecule has 2 aliphatic heterocycles. The summed E-state index contributed by atoms with van der Waals surface area (Å²) in [5.41, 5.74) is 2.05. The number of thioether (sulfide) groups is 1. The number of carbonyl (C=O) groups is 1. The Bertz CT molecular complexity index is 728. The van der Waals surface area contributed by atoms with Crippen LogP contribution in [-0.2, 0) is 0 Å². The smallest absolute Gasteiger partial charge is 0.256 e. The van der Waals surface area contributed by atoms with Crippen LogP contribution < -0.4 is 0 Å². The molecular weight excluding hydrogens is 328 g/mol. The molecule has 0 spiro atoms. The second-order valence-corrected chi connectivity index (χ2v) is 7.90. The van der Waals surface area contributed by atoms with E-state index in [1.165, 1.54) is 37.9 Å². The molecule has 2 heterocycles. The number of rotatable bonds is 4. The largest absolute Gasteiger partial charge is 0.321 e. The molecule has 2 aromatic rings. The molecule has 2 aromatic carbocycles. The molecule has 0 saturated carbocycles. The molecule has 0 aromatic heterocycles. The molecule has 25 heavy (non-hydrogen) atoms. The summed E-state index contributed by atoms with van der Waals surface area (Å²) in [6, 6.07) is 18.4. The molecular formula is C21H24N2OS. The number of benzene rings is 2. The van der Waals surface area contributed by atoms with E-state index >= 15 is 0 Å². The highest BCUT2D eigenvalue weighted by Crippen LogP contribution is 2.44. The highest BCUT2D eigenvalue weighted by Gasteiger charge is 2.33. The Morgan fingerprint density at radius 2 is 1.60 bits per heavy atom. The minimum Gasteiger partial charge on any atom is -0.321 e. The van der Waals surface area contributed by atoms with E-state index in [1.807, 2.05) is 24.3 Å². The van der Waals surface area contributed by atoms with E-state index in [1.54, 1.807) is 11.8 Å². The van der Waals surface area contributed by atoms with Gasteiger partial charge in [0.25, 0.3) is 5.91 Å². The number of fused-ring (bicyclic) bond motifs is 1. The Balaban J connectivity index is 1.59. The number of hydrogen-bond donors (Lipinski definition) is 0. The number of piperidine rings is 1. The van der Waals surface area contributed by atoms with Gasteiger partial charge < -0.3 is 9.80 Å². The van der Waals surface area contributed by atoms with E-state index in [0.29, 0.717) is 0 Å². The molecule has 4 heteroatoms. The zero-order chi connectivity index (χ0) is 17.1. The summed E-state index contributed by atoms with van der Waals surface area (Å²) in [7, 11) is 0. The van der Waals surface area contributed by atoms with Gasteiger partial charge in [-0.3, -0.25) is 4.79 Å². The number of nitrogens with zero attached hydrogens (tertiary/aromatic N) is 2. The second kappa shape index (κ2) is 7.63. The van der Waals surface area contributed by atoms with E-state index in [0.717, 1.165) is 23.5 Å². The Morgan fingerprint density at radius 3 is 2.40 bits per heavy atom. The first kappa shape index (κ1) is 16.7.